The fraction of sp³-hybridized carbons (Fsp3) is 0. The lowest BCUT2D eigenvalue weighted by atomic mass is 10.0. The van der Waals surface area contributed by atoms with Gasteiger partial charge < -0.3 is 9.32 Å². The maximum atomic E-state index is 6.82. The van der Waals surface area contributed by atoms with E-state index in [0.29, 0.717) is 0 Å². The fourth-order valence-electron chi connectivity index (χ4n) is 7.67. The summed E-state index contributed by atoms with van der Waals surface area (Å²) in [5, 5.41) is 9.90. The Hall–Kier alpha value is -5.94. The fourth-order valence-corrected chi connectivity index (χ4v) is 10.0. The van der Waals surface area contributed by atoms with Crippen LogP contribution in [0.15, 0.2) is 168 Å². The summed E-state index contributed by atoms with van der Waals surface area (Å²) >= 11 is 3.71. The number of hydrogen-bond donors (Lipinski definition) is 0. The standard InChI is InChI=1S/C46H27NOS2/c1-2-10-30-25-33(23-19-28(30)9-1)47(32-21-17-29(18-22-32)31-20-24-36-34-11-4-7-15-41(34)49-43(36)26-31)39-27-38-35-12-5-8-16-42(35)50-46(38)44-37-13-3-6-14-40(37)48-45(39)44/h1-27H. The Kier molecular flexibility index (Phi) is 6.03. The van der Waals surface area contributed by atoms with Crippen LogP contribution in [0.1, 0.15) is 0 Å². The van der Waals surface area contributed by atoms with E-state index >= 15 is 0 Å². The highest BCUT2D eigenvalue weighted by Crippen LogP contribution is 2.49. The number of nitrogens with zero attached hydrogens (tertiary/aromatic N) is 1. The second-order valence-electron chi connectivity index (χ2n) is 12.9. The van der Waals surface area contributed by atoms with Gasteiger partial charge in [0.25, 0.3) is 0 Å². The molecule has 0 radical (unpaired) electrons. The van der Waals surface area contributed by atoms with Gasteiger partial charge in [0.15, 0.2) is 5.58 Å². The molecule has 0 N–H and O–H groups in total. The minimum atomic E-state index is 0.901. The van der Waals surface area contributed by atoms with Crippen LogP contribution in [-0.2, 0) is 0 Å². The van der Waals surface area contributed by atoms with Crippen molar-refractivity contribution in [3.63, 3.8) is 0 Å². The van der Waals surface area contributed by atoms with Gasteiger partial charge in [0.2, 0.25) is 0 Å². The van der Waals surface area contributed by atoms with Gasteiger partial charge in [-0.05, 0) is 76.5 Å². The van der Waals surface area contributed by atoms with Gasteiger partial charge in [0.05, 0.1) is 5.69 Å². The van der Waals surface area contributed by atoms with Crippen LogP contribution >= 0.6 is 22.7 Å². The van der Waals surface area contributed by atoms with Crippen LogP contribution < -0.4 is 4.90 Å². The quantitative estimate of drug-likeness (QED) is 0.185. The SMILES string of the molecule is c1ccc2cc(N(c3ccc(-c4ccc5c(c4)sc4ccccc45)cc3)c3cc4c5ccccc5sc4c4c3oc3ccccc34)ccc2c1. The van der Waals surface area contributed by atoms with Crippen molar-refractivity contribution in [3.05, 3.63) is 164 Å². The Bertz CT molecular complexity index is 3110. The Morgan fingerprint density at radius 3 is 1.90 bits per heavy atom. The predicted octanol–water partition coefficient (Wildman–Crippen LogP) is 14.6. The zero-order chi connectivity index (χ0) is 32.8. The van der Waals surface area contributed by atoms with E-state index in [2.05, 4.69) is 169 Å². The summed E-state index contributed by atoms with van der Waals surface area (Å²) in [7, 11) is 0. The van der Waals surface area contributed by atoms with Gasteiger partial charge in [0.1, 0.15) is 5.58 Å². The third-order valence-electron chi connectivity index (χ3n) is 10.0. The van der Waals surface area contributed by atoms with E-state index in [1.54, 1.807) is 0 Å². The first-order valence-corrected chi connectivity index (χ1v) is 18.5. The molecular formula is C46H27NOS2. The van der Waals surface area contributed by atoms with Crippen molar-refractivity contribution in [3.8, 4) is 11.1 Å². The summed E-state index contributed by atoms with van der Waals surface area (Å²) in [6.07, 6.45) is 0. The van der Waals surface area contributed by atoms with Crippen LogP contribution in [0.5, 0.6) is 0 Å². The average Bonchev–Trinajstić information content (AvgIpc) is 3.86. The van der Waals surface area contributed by atoms with E-state index in [-0.39, 0.29) is 0 Å². The van der Waals surface area contributed by atoms with Gasteiger partial charge in [-0.3, -0.25) is 0 Å². The first-order chi connectivity index (χ1) is 24.8. The van der Waals surface area contributed by atoms with Crippen LogP contribution in [0.2, 0.25) is 0 Å². The largest absolute Gasteiger partial charge is 0.454 e. The van der Waals surface area contributed by atoms with Crippen molar-refractivity contribution in [1.82, 2.24) is 0 Å². The van der Waals surface area contributed by atoms with Gasteiger partial charge >= 0.3 is 0 Å². The molecule has 0 amide bonds. The lowest BCUT2D eigenvalue weighted by Crippen LogP contribution is -2.10. The molecule has 50 heavy (non-hydrogen) atoms. The number of rotatable bonds is 4. The molecule has 3 heterocycles. The number of anilines is 3. The van der Waals surface area contributed by atoms with Crippen LogP contribution in [0.25, 0.3) is 84.2 Å². The maximum Gasteiger partial charge on any atom is 0.160 e. The number of fused-ring (bicyclic) bond motifs is 11. The number of para-hydroxylation sites is 1. The van der Waals surface area contributed by atoms with E-state index < -0.39 is 0 Å². The topological polar surface area (TPSA) is 16.4 Å². The predicted molar refractivity (Wildman–Crippen MR) is 217 cm³/mol. The molecule has 3 aromatic heterocycles. The van der Waals surface area contributed by atoms with Crippen LogP contribution in [0.4, 0.5) is 17.1 Å². The third-order valence-corrected chi connectivity index (χ3v) is 12.4. The van der Waals surface area contributed by atoms with Crippen LogP contribution in [-0.4, -0.2) is 0 Å². The molecule has 0 saturated carbocycles. The molecule has 2 nitrogen and oxygen atoms in total. The van der Waals surface area contributed by atoms with Gasteiger partial charge in [-0.25, -0.2) is 0 Å². The molecule has 0 atom stereocenters. The summed E-state index contributed by atoms with van der Waals surface area (Å²) in [5.41, 5.74) is 7.41. The molecule has 0 aliphatic rings. The lowest BCUT2D eigenvalue weighted by Gasteiger charge is -2.26. The summed E-state index contributed by atoms with van der Waals surface area (Å²) in [6, 6.07) is 59.4. The molecule has 4 heteroatoms. The Balaban J connectivity index is 1.15. The van der Waals surface area contributed by atoms with Crippen molar-refractivity contribution in [2.24, 2.45) is 0 Å². The Labute approximate surface area is 295 Å². The third kappa shape index (κ3) is 4.19. The van der Waals surface area contributed by atoms with E-state index in [4.69, 9.17) is 4.42 Å². The van der Waals surface area contributed by atoms with Crippen molar-refractivity contribution in [1.29, 1.82) is 0 Å². The Morgan fingerprint density at radius 2 is 1.06 bits per heavy atom. The normalized spacial score (nSPS) is 12.0. The second kappa shape index (κ2) is 10.8. The van der Waals surface area contributed by atoms with Gasteiger partial charge in [-0.1, -0.05) is 109 Å². The van der Waals surface area contributed by atoms with Gasteiger partial charge in [0, 0.05) is 62.5 Å². The zero-order valence-corrected chi connectivity index (χ0v) is 28.4. The van der Waals surface area contributed by atoms with Crippen molar-refractivity contribution in [2.75, 3.05) is 4.90 Å². The molecule has 0 spiro atoms. The molecule has 0 aliphatic heterocycles. The van der Waals surface area contributed by atoms with Crippen molar-refractivity contribution >= 4 is 113 Å². The summed E-state index contributed by atoms with van der Waals surface area (Å²) < 4.78 is 12.0. The van der Waals surface area contributed by atoms with E-state index in [1.165, 1.54) is 67.6 Å². The maximum absolute atomic E-state index is 6.82. The molecule has 0 saturated heterocycles. The first kappa shape index (κ1) is 28.0. The Morgan fingerprint density at radius 1 is 0.420 bits per heavy atom. The molecule has 0 aliphatic carbocycles. The highest BCUT2D eigenvalue weighted by Gasteiger charge is 2.24. The van der Waals surface area contributed by atoms with Crippen molar-refractivity contribution < 1.29 is 4.42 Å². The summed E-state index contributed by atoms with van der Waals surface area (Å²) in [5.74, 6) is 0. The van der Waals surface area contributed by atoms with E-state index in [1.807, 2.05) is 22.7 Å². The molecule has 0 fully saturated rings. The number of benzene rings is 8. The molecule has 234 valence electrons. The molecular weight excluding hydrogens is 647 g/mol. The highest BCUT2D eigenvalue weighted by molar-refractivity contribution is 7.27. The van der Waals surface area contributed by atoms with Crippen molar-refractivity contribution in [2.45, 2.75) is 0 Å². The molecule has 8 aromatic carbocycles. The summed E-state index contributed by atoms with van der Waals surface area (Å²) in [6.45, 7) is 0. The highest BCUT2D eigenvalue weighted by atomic mass is 32.1. The molecule has 11 rings (SSSR count). The average molecular weight is 674 g/mol. The number of furan rings is 1. The molecule has 11 aromatic rings. The van der Waals surface area contributed by atoms with Gasteiger partial charge in [-0.2, -0.15) is 0 Å². The van der Waals surface area contributed by atoms with Gasteiger partial charge in [-0.15, -0.1) is 22.7 Å². The van der Waals surface area contributed by atoms with Crippen LogP contribution in [0.3, 0.4) is 0 Å². The second-order valence-corrected chi connectivity index (χ2v) is 15.0. The smallest absolute Gasteiger partial charge is 0.160 e. The van der Waals surface area contributed by atoms with E-state index in [0.717, 1.165) is 33.6 Å². The lowest BCUT2D eigenvalue weighted by molar-refractivity contribution is 0.669. The van der Waals surface area contributed by atoms with Crippen LogP contribution in [0, 0.1) is 0 Å². The first-order valence-electron chi connectivity index (χ1n) is 16.8. The monoisotopic (exact) mass is 673 g/mol. The summed E-state index contributed by atoms with van der Waals surface area (Å²) in [4.78, 5) is 2.38. The minimum absolute atomic E-state index is 0.901. The number of thiophene rings is 2. The minimum Gasteiger partial charge on any atom is -0.454 e. The molecule has 0 unspecified atom stereocenters. The zero-order valence-electron chi connectivity index (χ0n) is 26.8. The molecule has 0 bridgehead atoms. The number of hydrogen-bond acceptors (Lipinski definition) is 4. The van der Waals surface area contributed by atoms with E-state index in [9.17, 15) is 0 Å².